The number of hydrogen-bond donors (Lipinski definition) is 2. The molecule has 0 bridgehead atoms. The van der Waals surface area contributed by atoms with E-state index in [0.29, 0.717) is 13.0 Å². The van der Waals surface area contributed by atoms with Crippen molar-refractivity contribution >= 4 is 16.9 Å². The van der Waals surface area contributed by atoms with Crippen molar-refractivity contribution in [3.05, 3.63) is 34.2 Å². The molecule has 1 heterocycles. The van der Waals surface area contributed by atoms with Crippen molar-refractivity contribution in [3.63, 3.8) is 0 Å². The number of amides is 1. The van der Waals surface area contributed by atoms with Gasteiger partial charge in [-0.15, -0.1) is 0 Å². The molecule has 1 aromatic heterocycles. The minimum absolute atomic E-state index is 0.0966. The lowest BCUT2D eigenvalue weighted by Gasteiger charge is -2.15. The first-order chi connectivity index (χ1) is 9.10. The summed E-state index contributed by atoms with van der Waals surface area (Å²) in [4.78, 5) is 29.5. The fourth-order valence-electron chi connectivity index (χ4n) is 1.86. The Morgan fingerprint density at radius 2 is 2.11 bits per heavy atom. The molecule has 0 aliphatic rings. The molecule has 2 N–H and O–H groups in total. The summed E-state index contributed by atoms with van der Waals surface area (Å²) in [6.45, 7) is 0.542. The third-order valence-corrected chi connectivity index (χ3v) is 2.97. The summed E-state index contributed by atoms with van der Waals surface area (Å²) >= 11 is 0. The van der Waals surface area contributed by atoms with Gasteiger partial charge in [0.25, 0.3) is 0 Å². The predicted octanol–water partition coefficient (Wildman–Crippen LogP) is 0.771. The molecule has 1 amide bonds. The summed E-state index contributed by atoms with van der Waals surface area (Å²) in [5, 5.41) is 8.46. The van der Waals surface area contributed by atoms with Crippen molar-refractivity contribution in [3.8, 4) is 6.07 Å². The molecular weight excluding hydrogens is 244 g/mol. The van der Waals surface area contributed by atoms with Crippen LogP contribution >= 0.6 is 0 Å². The second kappa shape index (κ2) is 5.40. The molecule has 0 saturated heterocycles. The van der Waals surface area contributed by atoms with Gasteiger partial charge in [-0.05, 0) is 24.1 Å². The van der Waals surface area contributed by atoms with Crippen molar-refractivity contribution in [1.29, 1.82) is 5.26 Å². The van der Waals surface area contributed by atoms with Gasteiger partial charge in [-0.2, -0.15) is 5.26 Å². The van der Waals surface area contributed by atoms with Crippen LogP contribution in [0, 0.1) is 11.3 Å². The van der Waals surface area contributed by atoms with Crippen molar-refractivity contribution < 1.29 is 4.79 Å². The van der Waals surface area contributed by atoms with E-state index in [1.165, 1.54) is 4.90 Å². The van der Waals surface area contributed by atoms with Crippen LogP contribution in [-0.4, -0.2) is 34.4 Å². The highest BCUT2D eigenvalue weighted by Crippen LogP contribution is 2.11. The van der Waals surface area contributed by atoms with Crippen LogP contribution in [0.4, 0.5) is 0 Å². The highest BCUT2D eigenvalue weighted by Gasteiger charge is 2.08. The molecule has 2 aromatic rings. The van der Waals surface area contributed by atoms with Crippen molar-refractivity contribution in [2.45, 2.75) is 12.8 Å². The number of benzene rings is 1. The number of H-pyrrole nitrogens is 2. The average molecular weight is 258 g/mol. The predicted molar refractivity (Wildman–Crippen MR) is 70.5 cm³/mol. The number of aromatic amines is 2. The van der Waals surface area contributed by atoms with Gasteiger partial charge in [-0.1, -0.05) is 6.07 Å². The van der Waals surface area contributed by atoms with Gasteiger partial charge in [-0.3, -0.25) is 4.79 Å². The van der Waals surface area contributed by atoms with E-state index in [1.54, 1.807) is 7.05 Å². The number of nitriles is 1. The largest absolute Gasteiger partial charge is 0.345 e. The van der Waals surface area contributed by atoms with Gasteiger partial charge < -0.3 is 14.9 Å². The third-order valence-electron chi connectivity index (χ3n) is 2.97. The Bertz CT molecular complexity index is 692. The number of hydrogen-bond acceptors (Lipinski definition) is 3. The lowest BCUT2D eigenvalue weighted by atomic mass is 10.1. The fraction of sp³-hybridized carbons (Fsp3) is 0.308. The zero-order chi connectivity index (χ0) is 13.8. The Hall–Kier alpha value is -2.55. The Balaban J connectivity index is 2.03. The smallest absolute Gasteiger partial charge is 0.323 e. The van der Waals surface area contributed by atoms with Gasteiger partial charge in [-0.25, -0.2) is 4.79 Å². The standard InChI is InChI=1S/C13H14N4O2/c1-17(12(18)4-6-14)7-5-9-2-3-10-11(8-9)16-13(19)15-10/h2-3,8H,4-5,7H2,1H3,(H2,15,16,19). The summed E-state index contributed by atoms with van der Waals surface area (Å²) in [6, 6.07) is 7.47. The maximum Gasteiger partial charge on any atom is 0.323 e. The van der Waals surface area contributed by atoms with Crippen molar-refractivity contribution in [2.24, 2.45) is 0 Å². The molecule has 0 aliphatic heterocycles. The molecule has 6 nitrogen and oxygen atoms in total. The Labute approximate surface area is 109 Å². The average Bonchev–Trinajstić information content (AvgIpc) is 2.75. The first-order valence-electron chi connectivity index (χ1n) is 5.92. The van der Waals surface area contributed by atoms with Crippen molar-refractivity contribution in [1.82, 2.24) is 14.9 Å². The van der Waals surface area contributed by atoms with Crippen molar-refractivity contribution in [2.75, 3.05) is 13.6 Å². The summed E-state index contributed by atoms with van der Waals surface area (Å²) in [6.07, 6.45) is 0.581. The van der Waals surface area contributed by atoms with E-state index < -0.39 is 0 Å². The van der Waals surface area contributed by atoms with Gasteiger partial charge in [0.1, 0.15) is 6.42 Å². The molecule has 98 valence electrons. The van der Waals surface area contributed by atoms with Gasteiger partial charge >= 0.3 is 5.69 Å². The van der Waals surface area contributed by atoms with E-state index in [4.69, 9.17) is 5.26 Å². The van der Waals surface area contributed by atoms with Crippen LogP contribution in [0.5, 0.6) is 0 Å². The zero-order valence-electron chi connectivity index (χ0n) is 10.6. The number of likely N-dealkylation sites (N-methyl/N-ethyl adjacent to an activating group) is 1. The van der Waals surface area contributed by atoms with Gasteiger partial charge in [0.05, 0.1) is 17.1 Å². The first-order valence-corrected chi connectivity index (χ1v) is 5.92. The summed E-state index contributed by atoms with van der Waals surface area (Å²) < 4.78 is 0. The maximum atomic E-state index is 11.4. The lowest BCUT2D eigenvalue weighted by Crippen LogP contribution is -2.28. The maximum absolute atomic E-state index is 11.4. The monoisotopic (exact) mass is 258 g/mol. The summed E-state index contributed by atoms with van der Waals surface area (Å²) in [5.41, 5.74) is 2.32. The highest BCUT2D eigenvalue weighted by atomic mass is 16.2. The van der Waals surface area contributed by atoms with E-state index >= 15 is 0 Å². The molecule has 0 fully saturated rings. The quantitative estimate of drug-likeness (QED) is 0.848. The normalized spacial score (nSPS) is 10.3. The van der Waals surface area contributed by atoms with Gasteiger partial charge in [0, 0.05) is 13.6 Å². The molecule has 1 aromatic carbocycles. The second-order valence-electron chi connectivity index (χ2n) is 4.36. The van der Waals surface area contributed by atoms with E-state index in [2.05, 4.69) is 9.97 Å². The molecule has 0 atom stereocenters. The van der Waals surface area contributed by atoms with Gasteiger partial charge in [0.15, 0.2) is 0 Å². The number of fused-ring (bicyclic) bond motifs is 1. The molecule has 0 spiro atoms. The van der Waals surface area contributed by atoms with Crippen LogP contribution in [0.25, 0.3) is 11.0 Å². The number of nitrogens with one attached hydrogen (secondary N) is 2. The number of imidazole rings is 1. The zero-order valence-corrected chi connectivity index (χ0v) is 10.6. The van der Waals surface area contributed by atoms with E-state index in [1.807, 2.05) is 24.3 Å². The molecule has 0 saturated carbocycles. The second-order valence-corrected chi connectivity index (χ2v) is 4.36. The number of rotatable bonds is 4. The number of aromatic nitrogens is 2. The van der Waals surface area contributed by atoms with Crippen LogP contribution in [0.1, 0.15) is 12.0 Å². The number of carbonyl (C=O) groups is 1. The molecule has 0 radical (unpaired) electrons. The van der Waals surface area contributed by atoms with Crippen LogP contribution in [-0.2, 0) is 11.2 Å². The molecule has 19 heavy (non-hydrogen) atoms. The van der Waals surface area contributed by atoms with Crippen LogP contribution < -0.4 is 5.69 Å². The molecule has 0 aliphatic carbocycles. The van der Waals surface area contributed by atoms with Crippen LogP contribution in [0.15, 0.2) is 23.0 Å². The van der Waals surface area contributed by atoms with E-state index in [0.717, 1.165) is 16.6 Å². The molecule has 6 heteroatoms. The molecular formula is C13H14N4O2. The fourth-order valence-corrected chi connectivity index (χ4v) is 1.86. The minimum atomic E-state index is -0.228. The molecule has 0 unspecified atom stereocenters. The topological polar surface area (TPSA) is 92.8 Å². The SMILES string of the molecule is CN(CCc1ccc2[nH]c(=O)[nH]c2c1)C(=O)CC#N. The van der Waals surface area contributed by atoms with Crippen LogP contribution in [0.3, 0.4) is 0 Å². The first kappa shape index (κ1) is 12.9. The lowest BCUT2D eigenvalue weighted by molar-refractivity contribution is -0.128. The Morgan fingerprint density at radius 3 is 2.84 bits per heavy atom. The van der Waals surface area contributed by atoms with Crippen LogP contribution in [0.2, 0.25) is 0 Å². The van der Waals surface area contributed by atoms with E-state index in [-0.39, 0.29) is 18.0 Å². The number of nitrogens with zero attached hydrogens (tertiary/aromatic N) is 2. The molecule has 2 rings (SSSR count). The summed E-state index contributed by atoms with van der Waals surface area (Å²) in [5.74, 6) is -0.182. The Kier molecular flexibility index (Phi) is 3.66. The number of carbonyl (C=O) groups excluding carboxylic acids is 1. The van der Waals surface area contributed by atoms with Gasteiger partial charge in [0.2, 0.25) is 5.91 Å². The Morgan fingerprint density at radius 1 is 1.37 bits per heavy atom. The minimum Gasteiger partial charge on any atom is -0.345 e. The van der Waals surface area contributed by atoms with E-state index in [9.17, 15) is 9.59 Å². The summed E-state index contributed by atoms with van der Waals surface area (Å²) in [7, 11) is 1.68. The highest BCUT2D eigenvalue weighted by molar-refractivity contribution is 5.78. The third kappa shape index (κ3) is 3.01.